The number of sulfone groups is 1. The van der Waals surface area contributed by atoms with Crippen molar-refractivity contribution in [3.63, 3.8) is 0 Å². The largest absolute Gasteiger partial charge is 0.392 e. The van der Waals surface area contributed by atoms with E-state index < -0.39 is 15.9 Å². The molecule has 0 aromatic rings. The molecule has 4 nitrogen and oxygen atoms in total. The molecule has 1 saturated heterocycles. The molecule has 0 spiro atoms. The molecule has 0 aliphatic carbocycles. The van der Waals surface area contributed by atoms with Crippen molar-refractivity contribution >= 4 is 9.84 Å². The van der Waals surface area contributed by atoms with Crippen LogP contribution in [0.1, 0.15) is 20.3 Å². The molecule has 1 rings (SSSR count). The summed E-state index contributed by atoms with van der Waals surface area (Å²) < 4.78 is 22.3. The highest BCUT2D eigenvalue weighted by Gasteiger charge is 2.27. The molecule has 5 heteroatoms. The highest BCUT2D eigenvalue weighted by molar-refractivity contribution is 7.91. The standard InChI is InChI=1S/C9H19NO3S/c1-7(8(2)11)10-5-9-3-4-14(12,13)6-9/h7-11H,3-6H2,1-2H3. The minimum atomic E-state index is -2.77. The highest BCUT2D eigenvalue weighted by atomic mass is 32.2. The molecule has 14 heavy (non-hydrogen) atoms. The SMILES string of the molecule is CC(O)C(C)NCC1CCS(=O)(=O)C1. The van der Waals surface area contributed by atoms with Gasteiger partial charge in [-0.05, 0) is 32.7 Å². The van der Waals surface area contributed by atoms with Crippen LogP contribution in [0, 0.1) is 5.92 Å². The first kappa shape index (κ1) is 11.9. The van der Waals surface area contributed by atoms with Crippen LogP contribution in [0.25, 0.3) is 0 Å². The van der Waals surface area contributed by atoms with E-state index in [4.69, 9.17) is 0 Å². The quantitative estimate of drug-likeness (QED) is 0.689. The van der Waals surface area contributed by atoms with Gasteiger partial charge in [0.1, 0.15) is 0 Å². The van der Waals surface area contributed by atoms with Crippen molar-refractivity contribution in [2.75, 3.05) is 18.1 Å². The molecule has 1 aliphatic rings. The molecule has 1 fully saturated rings. The molecule has 3 atom stereocenters. The van der Waals surface area contributed by atoms with Gasteiger partial charge in [-0.3, -0.25) is 0 Å². The minimum Gasteiger partial charge on any atom is -0.392 e. The molecule has 3 unspecified atom stereocenters. The van der Waals surface area contributed by atoms with Gasteiger partial charge < -0.3 is 10.4 Å². The van der Waals surface area contributed by atoms with Crippen LogP contribution in [0.5, 0.6) is 0 Å². The molecule has 0 saturated carbocycles. The second kappa shape index (κ2) is 4.59. The van der Waals surface area contributed by atoms with E-state index in [2.05, 4.69) is 5.32 Å². The molecule has 2 N–H and O–H groups in total. The first-order valence-corrected chi connectivity index (χ1v) is 6.85. The summed E-state index contributed by atoms with van der Waals surface area (Å²) in [4.78, 5) is 0. The van der Waals surface area contributed by atoms with Gasteiger partial charge in [0.05, 0.1) is 17.6 Å². The average molecular weight is 221 g/mol. The van der Waals surface area contributed by atoms with Crippen LogP contribution in [0.3, 0.4) is 0 Å². The summed E-state index contributed by atoms with van der Waals surface area (Å²) in [5.41, 5.74) is 0. The van der Waals surface area contributed by atoms with E-state index in [1.165, 1.54) is 0 Å². The van der Waals surface area contributed by atoms with Crippen LogP contribution in [-0.2, 0) is 9.84 Å². The fraction of sp³-hybridized carbons (Fsp3) is 1.00. The predicted octanol–water partition coefficient (Wildman–Crippen LogP) is -0.220. The number of nitrogens with one attached hydrogen (secondary N) is 1. The van der Waals surface area contributed by atoms with Gasteiger partial charge >= 0.3 is 0 Å². The van der Waals surface area contributed by atoms with Crippen molar-refractivity contribution in [2.24, 2.45) is 5.92 Å². The number of aliphatic hydroxyl groups is 1. The first-order valence-electron chi connectivity index (χ1n) is 5.02. The van der Waals surface area contributed by atoms with Crippen molar-refractivity contribution < 1.29 is 13.5 Å². The monoisotopic (exact) mass is 221 g/mol. The lowest BCUT2D eigenvalue weighted by Crippen LogP contribution is -2.38. The summed E-state index contributed by atoms with van der Waals surface area (Å²) in [7, 11) is -2.77. The molecule has 84 valence electrons. The zero-order valence-electron chi connectivity index (χ0n) is 8.73. The van der Waals surface area contributed by atoms with Crippen molar-refractivity contribution in [1.29, 1.82) is 0 Å². The lowest BCUT2D eigenvalue weighted by Gasteiger charge is -2.18. The third kappa shape index (κ3) is 3.55. The van der Waals surface area contributed by atoms with E-state index in [1.54, 1.807) is 6.92 Å². The van der Waals surface area contributed by atoms with Crippen LogP contribution in [0.4, 0.5) is 0 Å². The Labute approximate surface area is 85.6 Å². The highest BCUT2D eigenvalue weighted by Crippen LogP contribution is 2.17. The Morgan fingerprint density at radius 3 is 2.57 bits per heavy atom. The van der Waals surface area contributed by atoms with Gasteiger partial charge in [-0.25, -0.2) is 8.42 Å². The van der Waals surface area contributed by atoms with E-state index in [1.807, 2.05) is 6.92 Å². The zero-order chi connectivity index (χ0) is 10.8. The molecule has 0 bridgehead atoms. The molecule has 1 aliphatic heterocycles. The third-order valence-corrected chi connectivity index (χ3v) is 4.62. The molecule has 0 radical (unpaired) electrons. The summed E-state index contributed by atoms with van der Waals surface area (Å²) in [6.45, 7) is 4.31. The Kier molecular flexibility index (Phi) is 3.92. The fourth-order valence-corrected chi connectivity index (χ4v) is 3.42. The van der Waals surface area contributed by atoms with E-state index in [9.17, 15) is 13.5 Å². The molecule has 0 aromatic heterocycles. The average Bonchev–Trinajstić information content (AvgIpc) is 2.41. The van der Waals surface area contributed by atoms with E-state index in [0.717, 1.165) is 6.42 Å². The number of hydrogen-bond donors (Lipinski definition) is 2. The second-order valence-corrected chi connectivity index (χ2v) is 6.44. The van der Waals surface area contributed by atoms with E-state index in [0.29, 0.717) is 18.1 Å². The van der Waals surface area contributed by atoms with Crippen LogP contribution in [0.2, 0.25) is 0 Å². The summed E-state index contributed by atoms with van der Waals surface area (Å²) in [6, 6.07) is 0.0262. The summed E-state index contributed by atoms with van der Waals surface area (Å²) in [5, 5.41) is 12.4. The van der Waals surface area contributed by atoms with Crippen LogP contribution < -0.4 is 5.32 Å². The Balaban J connectivity index is 2.27. The third-order valence-electron chi connectivity index (χ3n) is 2.78. The van der Waals surface area contributed by atoms with Gasteiger partial charge in [0.2, 0.25) is 0 Å². The maximum atomic E-state index is 11.1. The lowest BCUT2D eigenvalue weighted by molar-refractivity contribution is 0.150. The molecule has 1 heterocycles. The maximum Gasteiger partial charge on any atom is 0.150 e. The Bertz CT molecular complexity index is 274. The predicted molar refractivity (Wildman–Crippen MR) is 55.9 cm³/mol. The summed E-state index contributed by atoms with van der Waals surface area (Å²) in [6.07, 6.45) is 0.356. The van der Waals surface area contributed by atoms with Gasteiger partial charge in [0, 0.05) is 6.04 Å². The number of rotatable bonds is 4. The van der Waals surface area contributed by atoms with Gasteiger partial charge in [-0.15, -0.1) is 0 Å². The Hall–Kier alpha value is -0.130. The Morgan fingerprint density at radius 1 is 1.50 bits per heavy atom. The normalized spacial score (nSPS) is 30.1. The van der Waals surface area contributed by atoms with Gasteiger partial charge in [0.25, 0.3) is 0 Å². The molecule has 0 aromatic carbocycles. The number of aliphatic hydroxyl groups excluding tert-OH is 1. The van der Waals surface area contributed by atoms with Crippen molar-refractivity contribution in [2.45, 2.75) is 32.4 Å². The first-order chi connectivity index (χ1) is 6.41. The van der Waals surface area contributed by atoms with Crippen molar-refractivity contribution in [1.82, 2.24) is 5.32 Å². The van der Waals surface area contributed by atoms with Crippen LogP contribution >= 0.6 is 0 Å². The van der Waals surface area contributed by atoms with Crippen molar-refractivity contribution in [3.8, 4) is 0 Å². The molecular formula is C9H19NO3S. The smallest absolute Gasteiger partial charge is 0.150 e. The Morgan fingerprint density at radius 2 is 2.14 bits per heavy atom. The molecule has 0 amide bonds. The van der Waals surface area contributed by atoms with E-state index >= 15 is 0 Å². The lowest BCUT2D eigenvalue weighted by atomic mass is 10.1. The molecular weight excluding hydrogens is 202 g/mol. The van der Waals surface area contributed by atoms with Gasteiger partial charge in [0.15, 0.2) is 9.84 Å². The minimum absolute atomic E-state index is 0.0262. The second-order valence-electron chi connectivity index (χ2n) is 4.21. The van der Waals surface area contributed by atoms with E-state index in [-0.39, 0.29) is 12.0 Å². The zero-order valence-corrected chi connectivity index (χ0v) is 9.55. The van der Waals surface area contributed by atoms with Gasteiger partial charge in [-0.1, -0.05) is 0 Å². The topological polar surface area (TPSA) is 66.4 Å². The van der Waals surface area contributed by atoms with Gasteiger partial charge in [-0.2, -0.15) is 0 Å². The maximum absolute atomic E-state index is 11.1. The van der Waals surface area contributed by atoms with Crippen LogP contribution in [0.15, 0.2) is 0 Å². The fourth-order valence-electron chi connectivity index (χ4n) is 1.56. The summed E-state index contributed by atoms with van der Waals surface area (Å²) in [5.74, 6) is 0.843. The summed E-state index contributed by atoms with van der Waals surface area (Å²) >= 11 is 0. The van der Waals surface area contributed by atoms with Crippen molar-refractivity contribution in [3.05, 3.63) is 0 Å². The van der Waals surface area contributed by atoms with Crippen LogP contribution in [-0.4, -0.2) is 43.7 Å². The number of hydrogen-bond acceptors (Lipinski definition) is 4.